The van der Waals surface area contributed by atoms with Gasteiger partial charge in [-0.2, -0.15) is 0 Å². The molecule has 0 fully saturated rings. The zero-order chi connectivity index (χ0) is 10.9. The van der Waals surface area contributed by atoms with E-state index in [2.05, 4.69) is 9.72 Å². The van der Waals surface area contributed by atoms with Crippen LogP contribution >= 0.6 is 0 Å². The number of rotatable bonds is 1. The van der Waals surface area contributed by atoms with Crippen molar-refractivity contribution in [1.29, 1.82) is 0 Å². The van der Waals surface area contributed by atoms with Crippen molar-refractivity contribution in [3.8, 4) is 0 Å². The Morgan fingerprint density at radius 2 is 1.64 bits per heavy atom. The first kappa shape index (κ1) is 10.7. The molecular formula is C11H15NO2. The molecule has 0 atom stereocenters. The van der Waals surface area contributed by atoms with Crippen LogP contribution < -0.4 is 0 Å². The highest BCUT2D eigenvalue weighted by atomic mass is 16.5. The smallest absolute Gasteiger partial charge is 0.356 e. The molecular weight excluding hydrogens is 178 g/mol. The molecule has 0 amide bonds. The molecule has 0 bridgehead atoms. The van der Waals surface area contributed by atoms with Gasteiger partial charge in [-0.3, -0.25) is 0 Å². The Hall–Kier alpha value is -1.38. The van der Waals surface area contributed by atoms with Gasteiger partial charge in [-0.1, -0.05) is 0 Å². The minimum Gasteiger partial charge on any atom is -0.464 e. The molecule has 0 N–H and O–H groups in total. The van der Waals surface area contributed by atoms with Gasteiger partial charge in [0.2, 0.25) is 0 Å². The molecule has 0 aliphatic heterocycles. The zero-order valence-electron chi connectivity index (χ0n) is 9.26. The summed E-state index contributed by atoms with van der Waals surface area (Å²) >= 11 is 0. The van der Waals surface area contributed by atoms with Crippen molar-refractivity contribution in [2.24, 2.45) is 0 Å². The highest BCUT2D eigenvalue weighted by molar-refractivity contribution is 5.89. The molecule has 3 heteroatoms. The lowest BCUT2D eigenvalue weighted by Gasteiger charge is -2.11. The Kier molecular flexibility index (Phi) is 2.89. The molecule has 1 rings (SSSR count). The third-order valence-corrected chi connectivity index (χ3v) is 2.68. The molecule has 0 saturated carbocycles. The number of hydrogen-bond acceptors (Lipinski definition) is 3. The number of nitrogens with zero attached hydrogens (tertiary/aromatic N) is 1. The number of pyridine rings is 1. The lowest BCUT2D eigenvalue weighted by atomic mass is 10.0. The van der Waals surface area contributed by atoms with Gasteiger partial charge in [0.25, 0.3) is 0 Å². The minimum atomic E-state index is -0.367. The van der Waals surface area contributed by atoms with Crippen molar-refractivity contribution in [2.75, 3.05) is 7.11 Å². The normalized spacial score (nSPS) is 10.1. The van der Waals surface area contributed by atoms with Crippen LogP contribution in [0.5, 0.6) is 0 Å². The van der Waals surface area contributed by atoms with Crippen LogP contribution in [0.1, 0.15) is 32.9 Å². The first-order valence-corrected chi connectivity index (χ1v) is 4.51. The molecule has 0 aliphatic rings. The number of carbonyl (C=O) groups excluding carboxylic acids is 1. The van der Waals surface area contributed by atoms with E-state index in [9.17, 15) is 4.79 Å². The maximum absolute atomic E-state index is 11.4. The van der Waals surface area contributed by atoms with E-state index < -0.39 is 0 Å². The molecule has 0 radical (unpaired) electrons. The molecule has 0 spiro atoms. The van der Waals surface area contributed by atoms with E-state index in [1.54, 1.807) is 0 Å². The molecule has 3 nitrogen and oxygen atoms in total. The number of ether oxygens (including phenoxy) is 1. The van der Waals surface area contributed by atoms with Gasteiger partial charge in [-0.15, -0.1) is 0 Å². The Balaban J connectivity index is 3.40. The van der Waals surface area contributed by atoms with Crippen LogP contribution in [0, 0.1) is 27.7 Å². The highest BCUT2D eigenvalue weighted by Gasteiger charge is 2.15. The molecule has 0 aromatic carbocycles. The van der Waals surface area contributed by atoms with Crippen LogP contribution in [0.15, 0.2) is 0 Å². The number of carbonyl (C=O) groups is 1. The number of aromatic nitrogens is 1. The van der Waals surface area contributed by atoms with Gasteiger partial charge in [0.1, 0.15) is 0 Å². The zero-order valence-corrected chi connectivity index (χ0v) is 9.26. The topological polar surface area (TPSA) is 39.2 Å². The van der Waals surface area contributed by atoms with Gasteiger partial charge in [0.15, 0.2) is 5.69 Å². The van der Waals surface area contributed by atoms with Gasteiger partial charge in [0.05, 0.1) is 7.11 Å². The summed E-state index contributed by atoms with van der Waals surface area (Å²) in [4.78, 5) is 15.6. The fraction of sp³-hybridized carbons (Fsp3) is 0.455. The fourth-order valence-electron chi connectivity index (χ4n) is 1.36. The average molecular weight is 193 g/mol. The lowest BCUT2D eigenvalue weighted by Crippen LogP contribution is -2.10. The van der Waals surface area contributed by atoms with Gasteiger partial charge in [-0.05, 0) is 44.4 Å². The fourth-order valence-corrected chi connectivity index (χ4v) is 1.36. The minimum absolute atomic E-state index is 0.367. The van der Waals surface area contributed by atoms with E-state index in [1.165, 1.54) is 7.11 Å². The molecule has 1 aromatic heterocycles. The van der Waals surface area contributed by atoms with E-state index in [4.69, 9.17) is 0 Å². The van der Waals surface area contributed by atoms with Gasteiger partial charge >= 0.3 is 5.97 Å². The summed E-state index contributed by atoms with van der Waals surface area (Å²) in [7, 11) is 1.37. The first-order chi connectivity index (χ1) is 6.49. The summed E-state index contributed by atoms with van der Waals surface area (Å²) in [6.45, 7) is 7.78. The monoisotopic (exact) mass is 193 g/mol. The van der Waals surface area contributed by atoms with Crippen molar-refractivity contribution in [3.63, 3.8) is 0 Å². The summed E-state index contributed by atoms with van der Waals surface area (Å²) in [5, 5.41) is 0. The Labute approximate surface area is 84.1 Å². The molecule has 1 heterocycles. The Morgan fingerprint density at radius 1 is 1.07 bits per heavy atom. The number of aryl methyl sites for hydroxylation is 1. The standard InChI is InChI=1S/C11H15NO2/c1-6-7(2)9(4)12-10(8(6)3)11(13)14-5/h1-5H3. The summed E-state index contributed by atoms with van der Waals surface area (Å²) < 4.78 is 4.67. The van der Waals surface area contributed by atoms with Crippen LogP contribution in [0.3, 0.4) is 0 Å². The van der Waals surface area contributed by atoms with E-state index in [0.717, 1.165) is 22.4 Å². The molecule has 14 heavy (non-hydrogen) atoms. The summed E-state index contributed by atoms with van der Waals surface area (Å²) in [5.74, 6) is -0.367. The molecule has 76 valence electrons. The quantitative estimate of drug-likeness (QED) is 0.641. The third-order valence-electron chi connectivity index (χ3n) is 2.68. The van der Waals surface area contributed by atoms with E-state index in [-0.39, 0.29) is 5.97 Å². The van der Waals surface area contributed by atoms with E-state index in [0.29, 0.717) is 5.69 Å². The van der Waals surface area contributed by atoms with Crippen molar-refractivity contribution in [2.45, 2.75) is 27.7 Å². The second-order valence-corrected chi connectivity index (χ2v) is 3.41. The Bertz CT molecular complexity index is 383. The molecule has 1 aromatic rings. The van der Waals surface area contributed by atoms with Gasteiger partial charge in [-0.25, -0.2) is 9.78 Å². The summed E-state index contributed by atoms with van der Waals surface area (Å²) in [6.07, 6.45) is 0. The van der Waals surface area contributed by atoms with Crippen molar-refractivity contribution in [1.82, 2.24) is 4.98 Å². The van der Waals surface area contributed by atoms with E-state index >= 15 is 0 Å². The maximum atomic E-state index is 11.4. The highest BCUT2D eigenvalue weighted by Crippen LogP contribution is 2.18. The maximum Gasteiger partial charge on any atom is 0.356 e. The Morgan fingerprint density at radius 3 is 2.14 bits per heavy atom. The van der Waals surface area contributed by atoms with Crippen LogP contribution in [0.4, 0.5) is 0 Å². The summed E-state index contributed by atoms with van der Waals surface area (Å²) in [5.41, 5.74) is 4.45. The van der Waals surface area contributed by atoms with Gasteiger partial charge < -0.3 is 4.74 Å². The second kappa shape index (κ2) is 3.78. The van der Waals surface area contributed by atoms with E-state index in [1.807, 2.05) is 27.7 Å². The first-order valence-electron chi connectivity index (χ1n) is 4.51. The van der Waals surface area contributed by atoms with Crippen molar-refractivity contribution >= 4 is 5.97 Å². The van der Waals surface area contributed by atoms with Crippen LogP contribution in [0.2, 0.25) is 0 Å². The summed E-state index contributed by atoms with van der Waals surface area (Å²) in [6, 6.07) is 0. The number of esters is 1. The molecule has 0 saturated heterocycles. The second-order valence-electron chi connectivity index (χ2n) is 3.41. The predicted octanol–water partition coefficient (Wildman–Crippen LogP) is 2.10. The number of hydrogen-bond donors (Lipinski definition) is 0. The SMILES string of the molecule is COC(=O)c1nc(C)c(C)c(C)c1C. The van der Waals surface area contributed by atoms with Crippen molar-refractivity contribution < 1.29 is 9.53 Å². The van der Waals surface area contributed by atoms with Gasteiger partial charge in [0, 0.05) is 5.69 Å². The largest absolute Gasteiger partial charge is 0.464 e. The third kappa shape index (κ3) is 1.62. The average Bonchev–Trinajstić information content (AvgIpc) is 2.19. The molecule has 0 aliphatic carbocycles. The predicted molar refractivity (Wildman–Crippen MR) is 54.5 cm³/mol. The van der Waals surface area contributed by atoms with Crippen LogP contribution in [-0.4, -0.2) is 18.1 Å². The number of methoxy groups -OCH3 is 1. The molecule has 0 unspecified atom stereocenters. The van der Waals surface area contributed by atoms with Crippen LogP contribution in [-0.2, 0) is 4.74 Å². The van der Waals surface area contributed by atoms with Crippen molar-refractivity contribution in [3.05, 3.63) is 28.1 Å². The van der Waals surface area contributed by atoms with Crippen LogP contribution in [0.25, 0.3) is 0 Å². The lowest BCUT2D eigenvalue weighted by molar-refractivity contribution is 0.0592.